The Balaban J connectivity index is 1.88. The fraction of sp³-hybridized carbons (Fsp3) is 0.429. The third-order valence-electron chi connectivity index (χ3n) is 3.25. The average Bonchev–Trinajstić information content (AvgIpc) is 2.74. The van der Waals surface area contributed by atoms with E-state index in [1.165, 1.54) is 11.1 Å². The lowest BCUT2D eigenvalue weighted by molar-refractivity contribution is -0.131. The minimum absolute atomic E-state index is 0.0964. The number of carbonyl (C=O) groups is 2. The van der Waals surface area contributed by atoms with Crippen molar-refractivity contribution in [3.8, 4) is 0 Å². The lowest BCUT2D eigenvalue weighted by Crippen LogP contribution is -2.28. The molecule has 3 nitrogen and oxygen atoms in total. The van der Waals surface area contributed by atoms with Gasteiger partial charge in [0.2, 0.25) is 5.91 Å². The molecular weight excluding hydrogens is 214 g/mol. The van der Waals surface area contributed by atoms with Crippen LogP contribution in [0.25, 0.3) is 0 Å². The van der Waals surface area contributed by atoms with Crippen LogP contribution < -0.4 is 0 Å². The second-order valence-electron chi connectivity index (χ2n) is 4.53. The molecule has 0 saturated carbocycles. The third-order valence-corrected chi connectivity index (χ3v) is 3.25. The van der Waals surface area contributed by atoms with Crippen molar-refractivity contribution < 1.29 is 9.59 Å². The Morgan fingerprint density at radius 2 is 2.12 bits per heavy atom. The Morgan fingerprint density at radius 1 is 1.35 bits per heavy atom. The molecule has 17 heavy (non-hydrogen) atoms. The number of nitrogens with zero attached hydrogens (tertiary/aromatic N) is 1. The number of rotatable bonds is 3. The maximum absolute atomic E-state index is 11.8. The molecule has 2 rings (SSSR count). The number of hydrogen-bond acceptors (Lipinski definition) is 2. The summed E-state index contributed by atoms with van der Waals surface area (Å²) in [6.45, 7) is 2.97. The van der Waals surface area contributed by atoms with Crippen molar-refractivity contribution in [1.82, 2.24) is 4.90 Å². The van der Waals surface area contributed by atoms with Crippen molar-refractivity contribution in [1.29, 1.82) is 0 Å². The van der Waals surface area contributed by atoms with Gasteiger partial charge in [0.15, 0.2) is 5.78 Å². The maximum Gasteiger partial charge on any atom is 0.223 e. The van der Waals surface area contributed by atoms with Crippen LogP contribution in [-0.4, -0.2) is 29.7 Å². The second kappa shape index (κ2) is 5.13. The molecule has 0 N–H and O–H groups in total. The number of hydrogen-bond donors (Lipinski definition) is 0. The lowest BCUT2D eigenvalue weighted by Gasteiger charge is -2.14. The Kier molecular flexibility index (Phi) is 3.57. The Hall–Kier alpha value is -1.64. The summed E-state index contributed by atoms with van der Waals surface area (Å²) in [4.78, 5) is 24.6. The van der Waals surface area contributed by atoms with Crippen molar-refractivity contribution in [3.63, 3.8) is 0 Å². The number of ketones is 1. The normalized spacial score (nSPS) is 15.4. The van der Waals surface area contributed by atoms with Crippen LogP contribution in [0.2, 0.25) is 0 Å². The highest BCUT2D eigenvalue weighted by molar-refractivity contribution is 5.89. The van der Waals surface area contributed by atoms with Crippen molar-refractivity contribution >= 4 is 11.7 Å². The van der Waals surface area contributed by atoms with Gasteiger partial charge in [0.05, 0.1) is 6.54 Å². The summed E-state index contributed by atoms with van der Waals surface area (Å²) >= 11 is 0. The summed E-state index contributed by atoms with van der Waals surface area (Å²) in [5, 5.41) is 0. The lowest BCUT2D eigenvalue weighted by atomic mass is 10.0. The van der Waals surface area contributed by atoms with Crippen LogP contribution in [0, 0.1) is 6.92 Å². The number of carbonyl (C=O) groups excluding carboxylic acids is 2. The molecular formula is C14H17NO2. The number of benzene rings is 1. The van der Waals surface area contributed by atoms with Gasteiger partial charge < -0.3 is 4.90 Å². The molecule has 0 atom stereocenters. The van der Waals surface area contributed by atoms with Gasteiger partial charge in [0.1, 0.15) is 0 Å². The molecule has 0 unspecified atom stereocenters. The van der Waals surface area contributed by atoms with Crippen LogP contribution >= 0.6 is 0 Å². The second-order valence-corrected chi connectivity index (χ2v) is 4.53. The summed E-state index contributed by atoms with van der Waals surface area (Å²) < 4.78 is 0. The maximum atomic E-state index is 11.8. The molecule has 1 aromatic rings. The van der Waals surface area contributed by atoms with E-state index < -0.39 is 0 Å². The Bertz CT molecular complexity index is 440. The monoisotopic (exact) mass is 231 g/mol. The fourth-order valence-corrected chi connectivity index (χ4v) is 2.13. The first kappa shape index (κ1) is 11.8. The number of likely N-dealkylation sites (tertiary alicyclic amines) is 1. The van der Waals surface area contributed by atoms with Crippen LogP contribution in [-0.2, 0) is 16.0 Å². The van der Waals surface area contributed by atoms with Gasteiger partial charge in [-0.3, -0.25) is 9.59 Å². The smallest absolute Gasteiger partial charge is 0.223 e. The van der Waals surface area contributed by atoms with Crippen molar-refractivity contribution in [3.05, 3.63) is 35.4 Å². The molecule has 3 heteroatoms. The van der Waals surface area contributed by atoms with E-state index in [2.05, 4.69) is 19.1 Å². The third kappa shape index (κ3) is 2.93. The van der Waals surface area contributed by atoms with E-state index in [9.17, 15) is 9.59 Å². The highest BCUT2D eigenvalue weighted by atomic mass is 16.2. The predicted octanol–water partition coefficient (Wildman–Crippen LogP) is 1.73. The first-order chi connectivity index (χ1) is 8.16. The van der Waals surface area contributed by atoms with Gasteiger partial charge in [-0.2, -0.15) is 0 Å². The van der Waals surface area contributed by atoms with Gasteiger partial charge in [-0.15, -0.1) is 0 Å². The minimum atomic E-state index is 0.0964. The van der Waals surface area contributed by atoms with E-state index in [1.54, 1.807) is 4.90 Å². The first-order valence-corrected chi connectivity index (χ1v) is 6.01. The van der Waals surface area contributed by atoms with E-state index in [-0.39, 0.29) is 11.7 Å². The van der Waals surface area contributed by atoms with E-state index in [0.29, 0.717) is 25.9 Å². The number of Topliss-reactive ketones (excluding diaryl/α,β-unsaturated/α-hetero) is 1. The summed E-state index contributed by atoms with van der Waals surface area (Å²) in [7, 11) is 0. The zero-order valence-electron chi connectivity index (χ0n) is 10.1. The van der Waals surface area contributed by atoms with Crippen LogP contribution in [0.4, 0.5) is 0 Å². The zero-order valence-corrected chi connectivity index (χ0v) is 10.1. The van der Waals surface area contributed by atoms with E-state index in [0.717, 1.165) is 6.42 Å². The van der Waals surface area contributed by atoms with Gasteiger partial charge in [-0.05, 0) is 24.5 Å². The molecule has 1 saturated heterocycles. The number of amides is 1. The van der Waals surface area contributed by atoms with Gasteiger partial charge in [0, 0.05) is 19.4 Å². The topological polar surface area (TPSA) is 37.4 Å². The Labute approximate surface area is 101 Å². The summed E-state index contributed by atoms with van der Waals surface area (Å²) in [6, 6.07) is 8.10. The molecule has 0 radical (unpaired) electrons. The standard InChI is InChI=1S/C14H17NO2/c1-11-4-2-3-5-12(11)6-7-14(17)15-9-8-13(16)10-15/h2-5H,6-10H2,1H3. The SMILES string of the molecule is Cc1ccccc1CCC(=O)N1CCC(=O)C1. The summed E-state index contributed by atoms with van der Waals surface area (Å²) in [6.07, 6.45) is 1.78. The molecule has 1 aromatic carbocycles. The Morgan fingerprint density at radius 3 is 2.76 bits per heavy atom. The summed E-state index contributed by atoms with van der Waals surface area (Å²) in [5.74, 6) is 0.272. The van der Waals surface area contributed by atoms with Gasteiger partial charge >= 0.3 is 0 Å². The highest BCUT2D eigenvalue weighted by Crippen LogP contribution is 2.12. The molecule has 0 bridgehead atoms. The molecule has 0 aliphatic carbocycles. The van der Waals surface area contributed by atoms with E-state index >= 15 is 0 Å². The molecule has 0 aromatic heterocycles. The molecule has 1 aliphatic rings. The van der Waals surface area contributed by atoms with E-state index in [4.69, 9.17) is 0 Å². The van der Waals surface area contributed by atoms with Crippen molar-refractivity contribution in [2.45, 2.75) is 26.2 Å². The van der Waals surface area contributed by atoms with Crippen LogP contribution in [0.3, 0.4) is 0 Å². The van der Waals surface area contributed by atoms with Gasteiger partial charge in [0.25, 0.3) is 0 Å². The van der Waals surface area contributed by atoms with Gasteiger partial charge in [-0.25, -0.2) is 0 Å². The van der Waals surface area contributed by atoms with E-state index in [1.807, 2.05) is 12.1 Å². The van der Waals surface area contributed by atoms with Gasteiger partial charge in [-0.1, -0.05) is 24.3 Å². The summed E-state index contributed by atoms with van der Waals surface area (Å²) in [5.41, 5.74) is 2.43. The largest absolute Gasteiger partial charge is 0.335 e. The van der Waals surface area contributed by atoms with Crippen molar-refractivity contribution in [2.75, 3.05) is 13.1 Å². The molecule has 1 aliphatic heterocycles. The molecule has 1 heterocycles. The average molecular weight is 231 g/mol. The van der Waals surface area contributed by atoms with Crippen LogP contribution in [0.1, 0.15) is 24.0 Å². The molecule has 0 spiro atoms. The molecule has 1 fully saturated rings. The minimum Gasteiger partial charge on any atom is -0.335 e. The van der Waals surface area contributed by atoms with Crippen molar-refractivity contribution in [2.24, 2.45) is 0 Å². The zero-order chi connectivity index (χ0) is 12.3. The predicted molar refractivity (Wildman–Crippen MR) is 65.7 cm³/mol. The quantitative estimate of drug-likeness (QED) is 0.794. The highest BCUT2D eigenvalue weighted by Gasteiger charge is 2.23. The molecule has 1 amide bonds. The number of aryl methyl sites for hydroxylation is 2. The molecule has 90 valence electrons. The van der Waals surface area contributed by atoms with Crippen LogP contribution in [0.5, 0.6) is 0 Å². The van der Waals surface area contributed by atoms with Crippen LogP contribution in [0.15, 0.2) is 24.3 Å². The fourth-order valence-electron chi connectivity index (χ4n) is 2.13. The first-order valence-electron chi connectivity index (χ1n) is 6.01.